The molecule has 2 aromatic heterocycles. The highest BCUT2D eigenvalue weighted by atomic mass is 16.2. The van der Waals surface area contributed by atoms with Crippen LogP contribution in [0.1, 0.15) is 45.1 Å². The molecule has 1 fully saturated rings. The number of carbonyl (C=O) groups is 1. The summed E-state index contributed by atoms with van der Waals surface area (Å²) in [6.07, 6.45) is 4.33. The Hall–Kier alpha value is -2.86. The van der Waals surface area contributed by atoms with Gasteiger partial charge in [0.15, 0.2) is 0 Å². The van der Waals surface area contributed by atoms with Crippen molar-refractivity contribution in [2.45, 2.75) is 45.1 Å². The second-order valence-corrected chi connectivity index (χ2v) is 8.71. The van der Waals surface area contributed by atoms with E-state index >= 15 is 0 Å². The molecule has 1 saturated heterocycles. The number of likely N-dealkylation sites (tertiary alicyclic amines) is 1. The number of hydrogen-bond acceptors (Lipinski definition) is 3. The number of urea groups is 1. The number of fused-ring (bicyclic) bond motifs is 1. The van der Waals surface area contributed by atoms with Crippen LogP contribution in [-0.2, 0) is 0 Å². The first kappa shape index (κ1) is 19.5. The van der Waals surface area contributed by atoms with Crippen LogP contribution in [0, 0.1) is 0 Å². The average Bonchev–Trinajstić information content (AvgIpc) is 3.11. The fourth-order valence-corrected chi connectivity index (χ4v) is 4.06. The van der Waals surface area contributed by atoms with Crippen molar-refractivity contribution in [1.82, 2.24) is 14.9 Å². The average molecular weight is 392 g/mol. The minimum atomic E-state index is -0.293. The zero-order valence-corrected chi connectivity index (χ0v) is 17.3. The summed E-state index contributed by atoms with van der Waals surface area (Å²) in [5.74, 6) is 1.04. The van der Waals surface area contributed by atoms with Crippen LogP contribution in [0.15, 0.2) is 48.7 Å². The molecular formula is C23H29N5O. The molecular weight excluding hydrogens is 362 g/mol. The van der Waals surface area contributed by atoms with Crippen molar-refractivity contribution in [2.24, 2.45) is 0 Å². The molecule has 0 saturated carbocycles. The summed E-state index contributed by atoms with van der Waals surface area (Å²) < 4.78 is 0. The number of carbonyl (C=O) groups excluding carboxylic acids is 1. The van der Waals surface area contributed by atoms with E-state index in [-0.39, 0.29) is 11.6 Å². The molecule has 1 aliphatic rings. The molecule has 3 heterocycles. The minimum absolute atomic E-state index is 0.215. The number of amides is 2. The summed E-state index contributed by atoms with van der Waals surface area (Å²) in [7, 11) is 0. The maximum Gasteiger partial charge on any atom is 0.324 e. The van der Waals surface area contributed by atoms with Crippen LogP contribution < -0.4 is 10.6 Å². The van der Waals surface area contributed by atoms with Gasteiger partial charge in [-0.2, -0.15) is 0 Å². The number of aromatic amines is 1. The lowest BCUT2D eigenvalue weighted by Gasteiger charge is -2.40. The monoisotopic (exact) mass is 391 g/mol. The third-order valence-electron chi connectivity index (χ3n) is 5.71. The molecule has 6 heteroatoms. The lowest BCUT2D eigenvalue weighted by atomic mass is 9.88. The van der Waals surface area contributed by atoms with E-state index in [9.17, 15) is 4.79 Å². The number of anilines is 2. The number of nitrogens with one attached hydrogen (secondary N) is 3. The molecule has 0 aliphatic carbocycles. The smallest absolute Gasteiger partial charge is 0.324 e. The normalized spacial score (nSPS) is 16.1. The van der Waals surface area contributed by atoms with Gasteiger partial charge in [-0.15, -0.1) is 0 Å². The Morgan fingerprint density at radius 2 is 1.79 bits per heavy atom. The fraction of sp³-hybridized carbons (Fsp3) is 0.391. The summed E-state index contributed by atoms with van der Waals surface area (Å²) in [5.41, 5.74) is 4.18. The summed E-state index contributed by atoms with van der Waals surface area (Å²) in [4.78, 5) is 22.9. The van der Waals surface area contributed by atoms with Gasteiger partial charge in [0, 0.05) is 17.4 Å². The van der Waals surface area contributed by atoms with Crippen molar-refractivity contribution < 1.29 is 4.79 Å². The molecule has 3 aromatic rings. The zero-order valence-electron chi connectivity index (χ0n) is 17.3. The van der Waals surface area contributed by atoms with Gasteiger partial charge in [-0.25, -0.2) is 9.78 Å². The number of para-hydroxylation sites is 1. The van der Waals surface area contributed by atoms with Crippen molar-refractivity contribution in [2.75, 3.05) is 23.7 Å². The Balaban J connectivity index is 1.47. The number of pyridine rings is 1. The lowest BCUT2D eigenvalue weighted by molar-refractivity contribution is 0.102. The first-order valence-corrected chi connectivity index (χ1v) is 10.3. The van der Waals surface area contributed by atoms with E-state index in [0.29, 0.717) is 11.7 Å². The number of hydrogen-bond donors (Lipinski definition) is 3. The van der Waals surface area contributed by atoms with E-state index in [4.69, 9.17) is 4.98 Å². The second-order valence-electron chi connectivity index (χ2n) is 8.71. The Kier molecular flexibility index (Phi) is 5.28. The SMILES string of the molecule is CC(C)(C)N1CCC(c2c[nH]c3ccc(NC(=O)Nc4ccccc4)nc23)CC1. The van der Waals surface area contributed by atoms with Crippen LogP contribution in [0.4, 0.5) is 16.3 Å². The molecule has 0 spiro atoms. The third-order valence-corrected chi connectivity index (χ3v) is 5.71. The second kappa shape index (κ2) is 7.87. The first-order valence-electron chi connectivity index (χ1n) is 10.3. The van der Waals surface area contributed by atoms with Crippen molar-refractivity contribution in [3.63, 3.8) is 0 Å². The lowest BCUT2D eigenvalue weighted by Crippen LogP contribution is -2.45. The maximum atomic E-state index is 12.3. The number of aromatic nitrogens is 2. The van der Waals surface area contributed by atoms with Crippen molar-refractivity contribution in [1.29, 1.82) is 0 Å². The van der Waals surface area contributed by atoms with Gasteiger partial charge in [0.05, 0.1) is 11.0 Å². The number of rotatable bonds is 3. The summed E-state index contributed by atoms with van der Waals surface area (Å²) >= 11 is 0. The first-order chi connectivity index (χ1) is 13.9. The molecule has 6 nitrogen and oxygen atoms in total. The summed E-state index contributed by atoms with van der Waals surface area (Å²) in [6, 6.07) is 12.9. The van der Waals surface area contributed by atoms with Crippen LogP contribution >= 0.6 is 0 Å². The fourth-order valence-electron chi connectivity index (χ4n) is 4.06. The molecule has 3 N–H and O–H groups in total. The van der Waals surface area contributed by atoms with Crippen LogP contribution in [0.3, 0.4) is 0 Å². The topological polar surface area (TPSA) is 73.1 Å². The van der Waals surface area contributed by atoms with Crippen LogP contribution in [0.25, 0.3) is 11.0 Å². The summed E-state index contributed by atoms with van der Waals surface area (Å²) in [6.45, 7) is 9.02. The van der Waals surface area contributed by atoms with Crippen molar-refractivity contribution in [3.8, 4) is 0 Å². The van der Waals surface area contributed by atoms with Gasteiger partial charge in [-0.1, -0.05) is 18.2 Å². The van der Waals surface area contributed by atoms with E-state index in [1.165, 1.54) is 5.56 Å². The molecule has 0 atom stereocenters. The highest BCUT2D eigenvalue weighted by Crippen LogP contribution is 2.34. The van der Waals surface area contributed by atoms with Gasteiger partial charge in [0.1, 0.15) is 5.82 Å². The maximum absolute atomic E-state index is 12.3. The van der Waals surface area contributed by atoms with Crippen LogP contribution in [0.5, 0.6) is 0 Å². The summed E-state index contributed by atoms with van der Waals surface area (Å²) in [5, 5.41) is 5.67. The Labute approximate surface area is 171 Å². The van der Waals surface area contributed by atoms with Gasteiger partial charge >= 0.3 is 6.03 Å². The molecule has 1 aliphatic heterocycles. The zero-order chi connectivity index (χ0) is 20.4. The highest BCUT2D eigenvalue weighted by molar-refractivity contribution is 5.99. The van der Waals surface area contributed by atoms with Crippen LogP contribution in [0.2, 0.25) is 0 Å². The van der Waals surface area contributed by atoms with E-state index < -0.39 is 0 Å². The quantitative estimate of drug-likeness (QED) is 0.576. The molecule has 2 amide bonds. The largest absolute Gasteiger partial charge is 0.360 e. The van der Waals surface area contributed by atoms with Crippen LogP contribution in [-0.4, -0.2) is 39.5 Å². The number of benzene rings is 1. The Morgan fingerprint density at radius 1 is 1.07 bits per heavy atom. The Bertz CT molecular complexity index is 981. The van der Waals surface area contributed by atoms with E-state index in [1.807, 2.05) is 42.5 Å². The number of H-pyrrole nitrogens is 1. The number of piperidine rings is 1. The van der Waals surface area contributed by atoms with E-state index in [0.717, 1.165) is 42.7 Å². The molecule has 4 rings (SSSR count). The predicted molar refractivity (Wildman–Crippen MR) is 118 cm³/mol. The van der Waals surface area contributed by atoms with Gasteiger partial charge in [0.2, 0.25) is 0 Å². The van der Waals surface area contributed by atoms with Crippen molar-refractivity contribution in [3.05, 3.63) is 54.2 Å². The predicted octanol–water partition coefficient (Wildman–Crippen LogP) is 5.18. The van der Waals surface area contributed by atoms with Gasteiger partial charge < -0.3 is 10.3 Å². The minimum Gasteiger partial charge on any atom is -0.360 e. The number of nitrogens with zero attached hydrogens (tertiary/aromatic N) is 2. The highest BCUT2D eigenvalue weighted by Gasteiger charge is 2.29. The third kappa shape index (κ3) is 4.43. The molecule has 0 unspecified atom stereocenters. The standard InChI is InChI=1S/C23H29N5O/c1-23(2,3)28-13-11-16(12-14-28)18-15-24-19-9-10-20(26-21(18)19)27-22(29)25-17-7-5-4-6-8-17/h4-10,15-16,24H,11-14H2,1-3H3,(H2,25,26,27,29). The van der Waals surface area contributed by atoms with Gasteiger partial charge in [0.25, 0.3) is 0 Å². The molecule has 1 aromatic carbocycles. The Morgan fingerprint density at radius 3 is 2.48 bits per heavy atom. The van der Waals surface area contributed by atoms with E-state index in [2.05, 4.69) is 47.5 Å². The molecule has 0 radical (unpaired) electrons. The molecule has 0 bridgehead atoms. The van der Waals surface area contributed by atoms with Gasteiger partial charge in [-0.3, -0.25) is 10.2 Å². The molecule has 152 valence electrons. The van der Waals surface area contributed by atoms with Gasteiger partial charge in [-0.05, 0) is 82.4 Å². The molecule has 29 heavy (non-hydrogen) atoms. The van der Waals surface area contributed by atoms with Crippen molar-refractivity contribution >= 4 is 28.6 Å². The van der Waals surface area contributed by atoms with E-state index in [1.54, 1.807) is 0 Å².